The fraction of sp³-hybridized carbons (Fsp3) is 0.615. The Morgan fingerprint density at radius 2 is 2.27 bits per heavy atom. The van der Waals surface area contributed by atoms with Crippen LogP contribution in [0.1, 0.15) is 31.5 Å². The van der Waals surface area contributed by atoms with E-state index in [0.29, 0.717) is 10.2 Å². The Kier molecular flexibility index (Phi) is 2.89. The quantitative estimate of drug-likeness (QED) is 0.761. The number of halogens is 1. The van der Waals surface area contributed by atoms with Gasteiger partial charge in [0.05, 0.1) is 0 Å². The van der Waals surface area contributed by atoms with Gasteiger partial charge in [-0.1, -0.05) is 35.8 Å². The average Bonchev–Trinajstić information content (AvgIpc) is 2.79. The molecule has 2 rings (SSSR count). The van der Waals surface area contributed by atoms with E-state index in [9.17, 15) is 0 Å². The third kappa shape index (κ3) is 2.41. The highest BCUT2D eigenvalue weighted by Gasteiger charge is 2.49. The molecule has 0 bridgehead atoms. The standard InChI is InChI=1S/C13H18BrN/c1-9-5-4-6-15-12(9)7-11(14)10-8-13(10,2)3/h4-6,10-11H,7-8H2,1-3H3. The van der Waals surface area contributed by atoms with Crippen LogP contribution in [0.3, 0.4) is 0 Å². The number of aromatic nitrogens is 1. The second-order valence-corrected chi connectivity index (χ2v) is 6.46. The zero-order valence-corrected chi connectivity index (χ0v) is 11.2. The molecule has 82 valence electrons. The predicted octanol–water partition coefficient (Wildman–Crippen LogP) is 3.74. The van der Waals surface area contributed by atoms with E-state index in [1.54, 1.807) is 0 Å². The molecule has 1 nitrogen and oxygen atoms in total. The van der Waals surface area contributed by atoms with Gasteiger partial charge in [-0.3, -0.25) is 4.98 Å². The lowest BCUT2D eigenvalue weighted by molar-refractivity contribution is 0.543. The molecular weight excluding hydrogens is 250 g/mol. The summed E-state index contributed by atoms with van der Waals surface area (Å²) >= 11 is 3.81. The van der Waals surface area contributed by atoms with Gasteiger partial charge >= 0.3 is 0 Å². The minimum absolute atomic E-state index is 0.539. The van der Waals surface area contributed by atoms with Gasteiger partial charge in [-0.2, -0.15) is 0 Å². The van der Waals surface area contributed by atoms with Gasteiger partial charge < -0.3 is 0 Å². The average molecular weight is 268 g/mol. The van der Waals surface area contributed by atoms with Gasteiger partial charge in [-0.05, 0) is 36.3 Å². The fourth-order valence-corrected chi connectivity index (χ4v) is 3.39. The van der Waals surface area contributed by atoms with Crippen LogP contribution < -0.4 is 0 Å². The molecule has 1 aliphatic carbocycles. The van der Waals surface area contributed by atoms with Crippen molar-refractivity contribution in [1.82, 2.24) is 4.98 Å². The lowest BCUT2D eigenvalue weighted by atomic mass is 10.0. The van der Waals surface area contributed by atoms with Crippen molar-refractivity contribution in [1.29, 1.82) is 0 Å². The Balaban J connectivity index is 2.01. The van der Waals surface area contributed by atoms with Gasteiger partial charge in [0.1, 0.15) is 0 Å². The largest absolute Gasteiger partial charge is 0.261 e. The van der Waals surface area contributed by atoms with Crippen LogP contribution in [-0.4, -0.2) is 9.81 Å². The summed E-state index contributed by atoms with van der Waals surface area (Å²) in [7, 11) is 0. The maximum absolute atomic E-state index is 4.45. The van der Waals surface area contributed by atoms with Crippen molar-refractivity contribution >= 4 is 15.9 Å². The molecule has 0 amide bonds. The minimum Gasteiger partial charge on any atom is -0.261 e. The first kappa shape index (κ1) is 11.1. The third-order valence-corrected chi connectivity index (χ3v) is 4.49. The van der Waals surface area contributed by atoms with Crippen molar-refractivity contribution in [2.45, 2.75) is 38.4 Å². The van der Waals surface area contributed by atoms with E-state index >= 15 is 0 Å². The first-order valence-corrected chi connectivity index (χ1v) is 6.47. The summed E-state index contributed by atoms with van der Waals surface area (Å²) in [6.07, 6.45) is 4.29. The summed E-state index contributed by atoms with van der Waals surface area (Å²) in [5.41, 5.74) is 3.08. The predicted molar refractivity (Wildman–Crippen MR) is 67.3 cm³/mol. The van der Waals surface area contributed by atoms with E-state index in [2.05, 4.69) is 47.8 Å². The lowest BCUT2D eigenvalue weighted by Crippen LogP contribution is -2.11. The molecule has 0 spiro atoms. The first-order valence-electron chi connectivity index (χ1n) is 5.55. The number of nitrogens with zero attached hydrogens (tertiary/aromatic N) is 1. The summed E-state index contributed by atoms with van der Waals surface area (Å²) in [5, 5.41) is 0. The highest BCUT2D eigenvalue weighted by atomic mass is 79.9. The Morgan fingerprint density at radius 1 is 1.60 bits per heavy atom. The molecule has 1 aliphatic rings. The van der Waals surface area contributed by atoms with Gasteiger partial charge in [-0.25, -0.2) is 0 Å². The molecule has 0 N–H and O–H groups in total. The van der Waals surface area contributed by atoms with Gasteiger partial charge in [0.2, 0.25) is 0 Å². The summed E-state index contributed by atoms with van der Waals surface area (Å²) in [5.74, 6) is 0.818. The van der Waals surface area contributed by atoms with Crippen LogP contribution >= 0.6 is 15.9 Å². The van der Waals surface area contributed by atoms with Crippen LogP contribution in [0, 0.1) is 18.3 Å². The number of aryl methyl sites for hydroxylation is 1. The van der Waals surface area contributed by atoms with Crippen LogP contribution in [0.2, 0.25) is 0 Å². The zero-order chi connectivity index (χ0) is 11.1. The summed E-state index contributed by atoms with van der Waals surface area (Å²) in [6.45, 7) is 6.83. The molecule has 1 saturated carbocycles. The van der Waals surface area contributed by atoms with Crippen LogP contribution in [0.5, 0.6) is 0 Å². The number of hydrogen-bond donors (Lipinski definition) is 0. The molecule has 0 radical (unpaired) electrons. The topological polar surface area (TPSA) is 12.9 Å². The molecule has 2 heteroatoms. The maximum atomic E-state index is 4.45. The normalized spacial score (nSPS) is 24.9. The number of rotatable bonds is 3. The highest BCUT2D eigenvalue weighted by Crippen LogP contribution is 2.55. The van der Waals surface area contributed by atoms with Crippen LogP contribution in [-0.2, 0) is 6.42 Å². The highest BCUT2D eigenvalue weighted by molar-refractivity contribution is 9.09. The van der Waals surface area contributed by atoms with E-state index in [1.807, 2.05) is 12.3 Å². The molecule has 1 fully saturated rings. The smallest absolute Gasteiger partial charge is 0.0443 e. The summed E-state index contributed by atoms with van der Waals surface area (Å²) in [6, 6.07) is 4.14. The van der Waals surface area contributed by atoms with Crippen molar-refractivity contribution in [2.24, 2.45) is 11.3 Å². The third-order valence-electron chi connectivity index (χ3n) is 3.53. The fourth-order valence-electron chi connectivity index (χ4n) is 2.18. The van der Waals surface area contributed by atoms with Crippen molar-refractivity contribution in [3.8, 4) is 0 Å². The molecule has 2 atom stereocenters. The summed E-state index contributed by atoms with van der Waals surface area (Å²) in [4.78, 5) is 5.03. The molecule has 0 saturated heterocycles. The Bertz CT molecular complexity index is 359. The maximum Gasteiger partial charge on any atom is 0.0443 e. The van der Waals surface area contributed by atoms with E-state index in [4.69, 9.17) is 0 Å². The molecular formula is C13H18BrN. The second kappa shape index (κ2) is 3.89. The van der Waals surface area contributed by atoms with E-state index < -0.39 is 0 Å². The summed E-state index contributed by atoms with van der Waals surface area (Å²) < 4.78 is 0. The Labute approximate surface area is 100 Å². The van der Waals surface area contributed by atoms with Gasteiger partial charge in [0.15, 0.2) is 0 Å². The van der Waals surface area contributed by atoms with E-state index in [0.717, 1.165) is 12.3 Å². The van der Waals surface area contributed by atoms with Gasteiger partial charge in [-0.15, -0.1) is 0 Å². The minimum atomic E-state index is 0.539. The van der Waals surface area contributed by atoms with Crippen molar-refractivity contribution < 1.29 is 0 Å². The number of alkyl halides is 1. The molecule has 2 unspecified atom stereocenters. The molecule has 1 aromatic rings. The molecule has 1 aromatic heterocycles. The monoisotopic (exact) mass is 267 g/mol. The van der Waals surface area contributed by atoms with E-state index in [1.165, 1.54) is 17.7 Å². The second-order valence-electron chi connectivity index (χ2n) is 5.29. The van der Waals surface area contributed by atoms with Crippen LogP contribution in [0.15, 0.2) is 18.3 Å². The molecule has 1 heterocycles. The zero-order valence-electron chi connectivity index (χ0n) is 9.63. The van der Waals surface area contributed by atoms with Crippen LogP contribution in [0.25, 0.3) is 0 Å². The van der Waals surface area contributed by atoms with Crippen molar-refractivity contribution in [2.75, 3.05) is 0 Å². The number of pyridine rings is 1. The molecule has 0 aliphatic heterocycles. The van der Waals surface area contributed by atoms with Crippen molar-refractivity contribution in [3.63, 3.8) is 0 Å². The Morgan fingerprint density at radius 3 is 2.80 bits per heavy atom. The molecule has 15 heavy (non-hydrogen) atoms. The van der Waals surface area contributed by atoms with Crippen LogP contribution in [0.4, 0.5) is 0 Å². The van der Waals surface area contributed by atoms with Gasteiger partial charge in [0.25, 0.3) is 0 Å². The lowest BCUT2D eigenvalue weighted by Gasteiger charge is -2.12. The Hall–Kier alpha value is -0.370. The SMILES string of the molecule is Cc1cccnc1CC(Br)C1CC1(C)C. The van der Waals surface area contributed by atoms with Gasteiger partial charge in [0, 0.05) is 23.1 Å². The van der Waals surface area contributed by atoms with Crippen molar-refractivity contribution in [3.05, 3.63) is 29.6 Å². The first-order chi connectivity index (χ1) is 7.00. The number of hydrogen-bond acceptors (Lipinski definition) is 1. The van der Waals surface area contributed by atoms with E-state index in [-0.39, 0.29) is 0 Å². The molecule has 0 aromatic carbocycles.